The van der Waals surface area contributed by atoms with Gasteiger partial charge in [0.05, 0.1) is 0 Å². The second-order valence-electron chi connectivity index (χ2n) is 5.26. The Morgan fingerprint density at radius 3 is 2.48 bits per heavy atom. The molecule has 0 spiro atoms. The van der Waals surface area contributed by atoms with Crippen molar-refractivity contribution >= 4 is 0 Å². The fourth-order valence-corrected chi connectivity index (χ4v) is 2.19. The highest BCUT2D eigenvalue weighted by Gasteiger charge is 2.02. The van der Waals surface area contributed by atoms with Gasteiger partial charge in [0.1, 0.15) is 0 Å². The van der Waals surface area contributed by atoms with E-state index >= 15 is 0 Å². The highest BCUT2D eigenvalue weighted by atomic mass is 14.9. The lowest BCUT2D eigenvalue weighted by atomic mass is 10.1. The van der Waals surface area contributed by atoms with Crippen molar-refractivity contribution in [1.29, 1.82) is 0 Å². The summed E-state index contributed by atoms with van der Waals surface area (Å²) >= 11 is 0. The molecule has 1 nitrogen and oxygen atoms in total. The van der Waals surface area contributed by atoms with Gasteiger partial charge < -0.3 is 5.32 Å². The Labute approximate surface area is 129 Å². The predicted octanol–water partition coefficient (Wildman–Crippen LogP) is 5.54. The quantitative estimate of drug-likeness (QED) is 0.463. The van der Waals surface area contributed by atoms with Crippen molar-refractivity contribution in [3.8, 4) is 0 Å². The van der Waals surface area contributed by atoms with E-state index in [1.165, 1.54) is 17.0 Å². The third-order valence-electron chi connectivity index (χ3n) is 3.08. The molecule has 0 amide bonds. The molecule has 1 N–H and O–H groups in total. The summed E-state index contributed by atoms with van der Waals surface area (Å²) in [5, 5.41) is 3.55. The zero-order chi connectivity index (χ0) is 15.5. The molecule has 0 radical (unpaired) electrons. The van der Waals surface area contributed by atoms with Crippen molar-refractivity contribution in [3.05, 3.63) is 84.2 Å². The molecule has 112 valence electrons. The largest absolute Gasteiger partial charge is 0.362 e. The summed E-state index contributed by atoms with van der Waals surface area (Å²) < 4.78 is 0. The molecule has 1 rings (SSSR count). The maximum atomic E-state index is 3.99. The normalized spacial score (nSPS) is 12.1. The van der Waals surface area contributed by atoms with Crippen LogP contribution in [0, 0.1) is 0 Å². The minimum atomic E-state index is 0.868. The lowest BCUT2D eigenvalue weighted by Gasteiger charge is -2.14. The number of rotatable bonds is 9. The van der Waals surface area contributed by atoms with E-state index in [0.29, 0.717) is 0 Å². The molecule has 0 bridgehead atoms. The van der Waals surface area contributed by atoms with Crippen LogP contribution in [0.3, 0.4) is 0 Å². The predicted molar refractivity (Wildman–Crippen MR) is 94.0 cm³/mol. The minimum absolute atomic E-state index is 0.868. The van der Waals surface area contributed by atoms with Gasteiger partial charge in [0.2, 0.25) is 0 Å². The van der Waals surface area contributed by atoms with Crippen molar-refractivity contribution in [2.24, 2.45) is 0 Å². The van der Waals surface area contributed by atoms with Crippen LogP contribution in [0.2, 0.25) is 0 Å². The summed E-state index contributed by atoms with van der Waals surface area (Å²) in [5.74, 6) is 0. The van der Waals surface area contributed by atoms with E-state index < -0.39 is 0 Å². The van der Waals surface area contributed by atoms with Crippen LogP contribution in [0.25, 0.3) is 0 Å². The van der Waals surface area contributed by atoms with Crippen molar-refractivity contribution in [2.75, 3.05) is 0 Å². The Balaban J connectivity index is 2.74. The average molecular weight is 281 g/mol. The topological polar surface area (TPSA) is 12.0 Å². The second kappa shape index (κ2) is 9.82. The number of aryl methyl sites for hydroxylation is 1. The Hall–Kier alpha value is -2.02. The Bertz CT molecular complexity index is 506. The highest BCUT2D eigenvalue weighted by molar-refractivity contribution is 5.24. The lowest BCUT2D eigenvalue weighted by molar-refractivity contribution is 0.810. The molecule has 1 aromatic carbocycles. The third-order valence-corrected chi connectivity index (χ3v) is 3.08. The summed E-state index contributed by atoms with van der Waals surface area (Å²) in [7, 11) is 0. The van der Waals surface area contributed by atoms with Crippen LogP contribution in [0.5, 0.6) is 0 Å². The maximum absolute atomic E-state index is 3.99. The number of hydrogen-bond donors (Lipinski definition) is 1. The first-order chi connectivity index (χ1) is 10.2. The van der Waals surface area contributed by atoms with Crippen LogP contribution < -0.4 is 5.32 Å². The van der Waals surface area contributed by atoms with Crippen LogP contribution in [0.4, 0.5) is 0 Å². The SMILES string of the molecule is C=CC/C(=C/CC)N/C(=C\C(=C)C)CCc1ccccc1. The van der Waals surface area contributed by atoms with Crippen LogP contribution in [0.15, 0.2) is 78.7 Å². The molecular formula is C20H27N. The lowest BCUT2D eigenvalue weighted by Crippen LogP contribution is -2.13. The van der Waals surface area contributed by atoms with Gasteiger partial charge in [0.25, 0.3) is 0 Å². The summed E-state index contributed by atoms with van der Waals surface area (Å²) in [6.45, 7) is 12.0. The highest BCUT2D eigenvalue weighted by Crippen LogP contribution is 2.12. The zero-order valence-corrected chi connectivity index (χ0v) is 13.4. The standard InChI is InChI=1S/C20H27N/c1-5-10-19(11-6-2)21-20(16-17(3)4)15-14-18-12-8-7-9-13-18/h5,7-9,11-13,16,21H,1,3,6,10,14-15H2,2,4H3/b19-11-,20-16-. The number of allylic oxidation sites excluding steroid dienone is 5. The molecule has 0 heterocycles. The van der Waals surface area contributed by atoms with E-state index in [9.17, 15) is 0 Å². The van der Waals surface area contributed by atoms with E-state index in [2.05, 4.69) is 67.9 Å². The molecule has 0 aliphatic heterocycles. The first-order valence-electron chi connectivity index (χ1n) is 7.62. The van der Waals surface area contributed by atoms with E-state index in [4.69, 9.17) is 0 Å². The fourth-order valence-electron chi connectivity index (χ4n) is 2.19. The van der Waals surface area contributed by atoms with Crippen molar-refractivity contribution in [1.82, 2.24) is 5.32 Å². The van der Waals surface area contributed by atoms with E-state index in [0.717, 1.165) is 31.3 Å². The Kier molecular flexibility index (Phi) is 7.96. The van der Waals surface area contributed by atoms with Crippen molar-refractivity contribution < 1.29 is 0 Å². The molecule has 0 aliphatic carbocycles. The summed E-state index contributed by atoms with van der Waals surface area (Å²) in [5.41, 5.74) is 4.86. The van der Waals surface area contributed by atoms with E-state index in [1.807, 2.05) is 13.0 Å². The number of nitrogens with one attached hydrogen (secondary N) is 1. The average Bonchev–Trinajstić information content (AvgIpc) is 2.46. The maximum Gasteiger partial charge on any atom is 0.0154 e. The molecule has 0 saturated heterocycles. The molecule has 21 heavy (non-hydrogen) atoms. The number of benzene rings is 1. The van der Waals surface area contributed by atoms with Gasteiger partial charge in [-0.3, -0.25) is 0 Å². The number of hydrogen-bond acceptors (Lipinski definition) is 1. The van der Waals surface area contributed by atoms with Crippen molar-refractivity contribution in [3.63, 3.8) is 0 Å². The fraction of sp³-hybridized carbons (Fsp3) is 0.300. The second-order valence-corrected chi connectivity index (χ2v) is 5.26. The van der Waals surface area contributed by atoms with Crippen LogP contribution in [-0.2, 0) is 6.42 Å². The zero-order valence-electron chi connectivity index (χ0n) is 13.4. The van der Waals surface area contributed by atoms with Gasteiger partial charge in [-0.05, 0) is 37.8 Å². The summed E-state index contributed by atoms with van der Waals surface area (Å²) in [6, 6.07) is 10.6. The summed E-state index contributed by atoms with van der Waals surface area (Å²) in [4.78, 5) is 0. The van der Waals surface area contributed by atoms with Gasteiger partial charge in [-0.1, -0.05) is 61.6 Å². The summed E-state index contributed by atoms with van der Waals surface area (Å²) in [6.07, 6.45) is 10.2. The van der Waals surface area contributed by atoms with Gasteiger partial charge in [-0.2, -0.15) is 0 Å². The van der Waals surface area contributed by atoms with E-state index in [-0.39, 0.29) is 0 Å². The molecule has 0 aromatic heterocycles. The van der Waals surface area contributed by atoms with Gasteiger partial charge in [-0.15, -0.1) is 6.58 Å². The Morgan fingerprint density at radius 2 is 1.90 bits per heavy atom. The molecule has 0 saturated carbocycles. The molecule has 0 unspecified atom stereocenters. The smallest absolute Gasteiger partial charge is 0.0154 e. The molecule has 0 aliphatic rings. The Morgan fingerprint density at radius 1 is 1.19 bits per heavy atom. The molecule has 1 heteroatoms. The molecular weight excluding hydrogens is 254 g/mol. The monoisotopic (exact) mass is 281 g/mol. The first-order valence-corrected chi connectivity index (χ1v) is 7.62. The van der Waals surface area contributed by atoms with Gasteiger partial charge in [-0.25, -0.2) is 0 Å². The minimum Gasteiger partial charge on any atom is -0.362 e. The van der Waals surface area contributed by atoms with E-state index in [1.54, 1.807) is 0 Å². The van der Waals surface area contributed by atoms with Crippen molar-refractivity contribution in [2.45, 2.75) is 39.5 Å². The van der Waals surface area contributed by atoms with Gasteiger partial charge in [0, 0.05) is 17.8 Å². The first kappa shape index (κ1) is 17.0. The molecule has 0 fully saturated rings. The van der Waals surface area contributed by atoms with Crippen LogP contribution >= 0.6 is 0 Å². The van der Waals surface area contributed by atoms with Crippen LogP contribution in [0.1, 0.15) is 38.7 Å². The van der Waals surface area contributed by atoms with Gasteiger partial charge in [0.15, 0.2) is 0 Å². The molecule has 1 aromatic rings. The third kappa shape index (κ3) is 7.36. The van der Waals surface area contributed by atoms with Crippen LogP contribution in [-0.4, -0.2) is 0 Å². The molecule has 0 atom stereocenters. The van der Waals surface area contributed by atoms with Gasteiger partial charge >= 0.3 is 0 Å².